The summed E-state index contributed by atoms with van der Waals surface area (Å²) >= 11 is 0. The molecular formula is C16H22F3N3O. The first-order chi connectivity index (χ1) is 10.9. The molecule has 128 valence electrons. The molecule has 0 aromatic carbocycles. The van der Waals surface area contributed by atoms with Crippen molar-refractivity contribution in [3.05, 3.63) is 29.6 Å². The Balaban J connectivity index is 1.88. The van der Waals surface area contributed by atoms with Crippen molar-refractivity contribution < 1.29 is 18.0 Å². The number of pyridine rings is 1. The van der Waals surface area contributed by atoms with Crippen LogP contribution >= 0.6 is 0 Å². The van der Waals surface area contributed by atoms with E-state index in [-0.39, 0.29) is 0 Å². The third-order valence-electron chi connectivity index (χ3n) is 4.28. The maximum Gasteiger partial charge on any atom is 0.418 e. The predicted octanol–water partition coefficient (Wildman–Crippen LogP) is 3.09. The number of aromatic nitrogens is 1. The highest BCUT2D eigenvalue weighted by atomic mass is 19.4. The van der Waals surface area contributed by atoms with Gasteiger partial charge in [-0.1, -0.05) is 19.3 Å². The Labute approximate surface area is 134 Å². The molecule has 0 atom stereocenters. The topological polar surface area (TPSA) is 45.2 Å². The Morgan fingerprint density at radius 3 is 2.70 bits per heavy atom. The summed E-state index contributed by atoms with van der Waals surface area (Å²) in [6, 6.07) is 2.55. The van der Waals surface area contributed by atoms with Gasteiger partial charge in [0.25, 0.3) is 5.91 Å². The molecule has 0 unspecified atom stereocenters. The van der Waals surface area contributed by atoms with E-state index in [2.05, 4.69) is 15.2 Å². The minimum Gasteiger partial charge on any atom is -0.349 e. The minimum absolute atomic E-state index is 0.305. The SMILES string of the molecule is CN(CCNC(=O)c1ncccc1C(F)(F)F)C1CCCCC1. The lowest BCUT2D eigenvalue weighted by Gasteiger charge is -2.31. The van der Waals surface area contributed by atoms with Crippen molar-refractivity contribution in [3.63, 3.8) is 0 Å². The van der Waals surface area contributed by atoms with Crippen molar-refractivity contribution >= 4 is 5.91 Å². The van der Waals surface area contributed by atoms with Gasteiger partial charge in [0.15, 0.2) is 0 Å². The van der Waals surface area contributed by atoms with Gasteiger partial charge in [0.05, 0.1) is 5.56 Å². The Morgan fingerprint density at radius 2 is 2.04 bits per heavy atom. The molecule has 7 heteroatoms. The molecular weight excluding hydrogens is 307 g/mol. The Bertz CT molecular complexity index is 528. The summed E-state index contributed by atoms with van der Waals surface area (Å²) in [7, 11) is 1.99. The van der Waals surface area contributed by atoms with Crippen molar-refractivity contribution in [1.29, 1.82) is 0 Å². The predicted molar refractivity (Wildman–Crippen MR) is 81.1 cm³/mol. The van der Waals surface area contributed by atoms with E-state index < -0.39 is 23.3 Å². The number of amides is 1. The molecule has 1 aromatic rings. The van der Waals surface area contributed by atoms with Gasteiger partial charge in [-0.3, -0.25) is 9.78 Å². The summed E-state index contributed by atoms with van der Waals surface area (Å²) in [6.07, 6.45) is 2.58. The molecule has 2 rings (SSSR count). The van der Waals surface area contributed by atoms with Gasteiger partial charge >= 0.3 is 6.18 Å². The maximum absolute atomic E-state index is 12.9. The molecule has 1 saturated carbocycles. The van der Waals surface area contributed by atoms with Gasteiger partial charge in [0.1, 0.15) is 5.69 Å². The molecule has 1 aliphatic carbocycles. The average Bonchev–Trinajstić information content (AvgIpc) is 2.54. The number of carbonyl (C=O) groups excluding carboxylic acids is 1. The summed E-state index contributed by atoms with van der Waals surface area (Å²) in [5, 5.41) is 2.54. The largest absolute Gasteiger partial charge is 0.418 e. The second-order valence-electron chi connectivity index (χ2n) is 5.93. The highest BCUT2D eigenvalue weighted by Gasteiger charge is 2.35. The van der Waals surface area contributed by atoms with Crippen LogP contribution < -0.4 is 5.32 Å². The summed E-state index contributed by atoms with van der Waals surface area (Å²) in [5.74, 6) is -0.782. The van der Waals surface area contributed by atoms with E-state index in [9.17, 15) is 18.0 Å². The van der Waals surface area contributed by atoms with Crippen LogP contribution in [0.15, 0.2) is 18.3 Å². The highest BCUT2D eigenvalue weighted by molar-refractivity contribution is 5.93. The van der Waals surface area contributed by atoms with E-state index in [1.807, 2.05) is 7.05 Å². The molecule has 1 aromatic heterocycles. The number of nitrogens with zero attached hydrogens (tertiary/aromatic N) is 2. The molecule has 0 bridgehead atoms. The van der Waals surface area contributed by atoms with Crippen LogP contribution in [0.3, 0.4) is 0 Å². The normalized spacial score (nSPS) is 16.6. The molecule has 0 saturated heterocycles. The van der Waals surface area contributed by atoms with Crippen molar-refractivity contribution in [3.8, 4) is 0 Å². The first-order valence-corrected chi connectivity index (χ1v) is 7.90. The second kappa shape index (κ2) is 7.77. The molecule has 1 heterocycles. The van der Waals surface area contributed by atoms with Crippen molar-refractivity contribution in [1.82, 2.24) is 15.2 Å². The van der Waals surface area contributed by atoms with Crippen LogP contribution in [0.1, 0.15) is 48.2 Å². The zero-order valence-electron chi connectivity index (χ0n) is 13.2. The lowest BCUT2D eigenvalue weighted by atomic mass is 9.94. The van der Waals surface area contributed by atoms with Crippen LogP contribution in [-0.4, -0.2) is 42.0 Å². The van der Waals surface area contributed by atoms with E-state index in [4.69, 9.17) is 0 Å². The van der Waals surface area contributed by atoms with Crippen molar-refractivity contribution in [2.75, 3.05) is 20.1 Å². The first kappa shape index (κ1) is 17.7. The van der Waals surface area contributed by atoms with E-state index in [0.29, 0.717) is 19.1 Å². The molecule has 0 spiro atoms. The molecule has 23 heavy (non-hydrogen) atoms. The maximum atomic E-state index is 12.9. The molecule has 4 nitrogen and oxygen atoms in total. The summed E-state index contributed by atoms with van der Waals surface area (Å²) in [4.78, 5) is 17.7. The lowest BCUT2D eigenvalue weighted by Crippen LogP contribution is -2.39. The summed E-state index contributed by atoms with van der Waals surface area (Å²) in [5.41, 5.74) is -1.57. The number of alkyl halides is 3. The van der Waals surface area contributed by atoms with Crippen LogP contribution in [0.5, 0.6) is 0 Å². The lowest BCUT2D eigenvalue weighted by molar-refractivity contribution is -0.138. The van der Waals surface area contributed by atoms with E-state index in [0.717, 1.165) is 18.9 Å². The van der Waals surface area contributed by atoms with Gasteiger partial charge in [0, 0.05) is 25.3 Å². The van der Waals surface area contributed by atoms with Crippen molar-refractivity contribution in [2.45, 2.75) is 44.3 Å². The van der Waals surface area contributed by atoms with Crippen LogP contribution in [0.25, 0.3) is 0 Å². The van der Waals surface area contributed by atoms with E-state index in [1.165, 1.54) is 31.5 Å². The monoisotopic (exact) mass is 329 g/mol. The molecule has 1 fully saturated rings. The number of halogens is 3. The summed E-state index contributed by atoms with van der Waals surface area (Å²) < 4.78 is 38.6. The molecule has 1 amide bonds. The zero-order chi connectivity index (χ0) is 16.9. The van der Waals surface area contributed by atoms with E-state index in [1.54, 1.807) is 0 Å². The fraction of sp³-hybridized carbons (Fsp3) is 0.625. The van der Waals surface area contributed by atoms with Crippen molar-refractivity contribution in [2.24, 2.45) is 0 Å². The number of likely N-dealkylation sites (N-methyl/N-ethyl adjacent to an activating group) is 1. The van der Waals surface area contributed by atoms with Crippen LogP contribution in [0, 0.1) is 0 Å². The van der Waals surface area contributed by atoms with Gasteiger partial charge in [-0.15, -0.1) is 0 Å². The fourth-order valence-electron chi connectivity index (χ4n) is 2.95. The second-order valence-corrected chi connectivity index (χ2v) is 5.93. The Morgan fingerprint density at radius 1 is 1.35 bits per heavy atom. The molecule has 0 aliphatic heterocycles. The van der Waals surface area contributed by atoms with Gasteiger partial charge < -0.3 is 10.2 Å². The third kappa shape index (κ3) is 4.92. The highest BCUT2D eigenvalue weighted by Crippen LogP contribution is 2.30. The average molecular weight is 329 g/mol. The van der Waals surface area contributed by atoms with E-state index >= 15 is 0 Å². The molecule has 1 N–H and O–H groups in total. The number of nitrogens with one attached hydrogen (secondary N) is 1. The molecule has 0 radical (unpaired) electrons. The Hall–Kier alpha value is -1.63. The van der Waals surface area contributed by atoms with Crippen LogP contribution in [0.2, 0.25) is 0 Å². The smallest absolute Gasteiger partial charge is 0.349 e. The fourth-order valence-corrected chi connectivity index (χ4v) is 2.95. The van der Waals surface area contributed by atoms with Gasteiger partial charge in [-0.2, -0.15) is 13.2 Å². The minimum atomic E-state index is -4.58. The number of carbonyl (C=O) groups is 1. The van der Waals surface area contributed by atoms with Gasteiger partial charge in [-0.05, 0) is 32.0 Å². The molecule has 1 aliphatic rings. The van der Waals surface area contributed by atoms with Crippen LogP contribution in [0.4, 0.5) is 13.2 Å². The Kier molecular flexibility index (Phi) is 5.98. The summed E-state index contributed by atoms with van der Waals surface area (Å²) in [6.45, 7) is 0.921. The van der Waals surface area contributed by atoms with Crippen LogP contribution in [-0.2, 0) is 6.18 Å². The van der Waals surface area contributed by atoms with Gasteiger partial charge in [-0.25, -0.2) is 0 Å². The first-order valence-electron chi connectivity index (χ1n) is 7.90. The standard InChI is InChI=1S/C16H22F3N3O/c1-22(12-6-3-2-4-7-12)11-10-21-15(23)14-13(16(17,18)19)8-5-9-20-14/h5,8-9,12H,2-4,6-7,10-11H2,1H3,(H,21,23). The number of rotatable bonds is 5. The quantitative estimate of drug-likeness (QED) is 0.903. The third-order valence-corrected chi connectivity index (χ3v) is 4.28. The number of hydrogen-bond donors (Lipinski definition) is 1. The zero-order valence-corrected chi connectivity index (χ0v) is 13.2. The van der Waals surface area contributed by atoms with Gasteiger partial charge in [0.2, 0.25) is 0 Å². The number of hydrogen-bond acceptors (Lipinski definition) is 3.